The van der Waals surface area contributed by atoms with E-state index in [1.54, 1.807) is 6.08 Å². The normalized spacial score (nSPS) is 19.1. The van der Waals surface area contributed by atoms with E-state index in [1.807, 2.05) is 30.3 Å². The average molecular weight is 259 g/mol. The second-order valence-corrected chi connectivity index (χ2v) is 4.24. The van der Waals surface area contributed by atoms with Gasteiger partial charge in [0.25, 0.3) is 5.91 Å². The Hall–Kier alpha value is -2.43. The summed E-state index contributed by atoms with van der Waals surface area (Å²) in [5.74, 6) is -2.17. The number of benzene rings is 1. The van der Waals surface area contributed by atoms with Gasteiger partial charge in [-0.3, -0.25) is 14.5 Å². The number of aliphatic carboxylic acids is 1. The summed E-state index contributed by atoms with van der Waals surface area (Å²) in [4.78, 5) is 35.2. The van der Waals surface area contributed by atoms with Crippen molar-refractivity contribution in [3.8, 4) is 0 Å². The molecule has 1 aliphatic rings. The van der Waals surface area contributed by atoms with Crippen LogP contribution < -0.4 is 0 Å². The number of rotatable bonds is 3. The molecule has 1 aliphatic heterocycles. The molecule has 0 spiro atoms. The molecule has 1 atom stereocenters. The Balaban J connectivity index is 2.13. The van der Waals surface area contributed by atoms with Gasteiger partial charge < -0.3 is 5.11 Å². The SMILES string of the molecule is O=C(O)[C@H]1CCC(=O)N1C(=O)/C=C/c1ccccc1. The molecule has 1 saturated heterocycles. The summed E-state index contributed by atoms with van der Waals surface area (Å²) in [5.41, 5.74) is 0.814. The number of carbonyl (C=O) groups is 3. The van der Waals surface area contributed by atoms with Crippen LogP contribution >= 0.6 is 0 Å². The first kappa shape index (κ1) is 13.0. The van der Waals surface area contributed by atoms with Gasteiger partial charge in [-0.1, -0.05) is 30.3 Å². The predicted octanol–water partition coefficient (Wildman–Crippen LogP) is 1.30. The Kier molecular flexibility index (Phi) is 3.75. The maximum atomic E-state index is 11.9. The van der Waals surface area contributed by atoms with E-state index < -0.39 is 23.8 Å². The van der Waals surface area contributed by atoms with Crippen LogP contribution in [0.15, 0.2) is 36.4 Å². The molecule has 0 radical (unpaired) electrons. The van der Waals surface area contributed by atoms with Gasteiger partial charge in [0.05, 0.1) is 0 Å². The highest BCUT2D eigenvalue weighted by molar-refractivity contribution is 6.07. The molecule has 98 valence electrons. The minimum Gasteiger partial charge on any atom is -0.480 e. The Morgan fingerprint density at radius 2 is 1.95 bits per heavy atom. The molecule has 2 amide bonds. The van der Waals surface area contributed by atoms with Gasteiger partial charge in [-0.25, -0.2) is 4.79 Å². The van der Waals surface area contributed by atoms with E-state index in [0.717, 1.165) is 10.5 Å². The summed E-state index contributed by atoms with van der Waals surface area (Å²) in [6, 6.07) is 8.08. The van der Waals surface area contributed by atoms with Gasteiger partial charge in [0, 0.05) is 12.5 Å². The fourth-order valence-electron chi connectivity index (χ4n) is 2.01. The molecule has 19 heavy (non-hydrogen) atoms. The van der Waals surface area contributed by atoms with Crippen molar-refractivity contribution in [3.05, 3.63) is 42.0 Å². The van der Waals surface area contributed by atoms with Crippen molar-refractivity contribution < 1.29 is 19.5 Å². The van der Waals surface area contributed by atoms with E-state index in [-0.39, 0.29) is 12.8 Å². The topological polar surface area (TPSA) is 74.7 Å². The fourth-order valence-corrected chi connectivity index (χ4v) is 2.01. The molecule has 1 N–H and O–H groups in total. The van der Waals surface area contributed by atoms with Crippen molar-refractivity contribution in [2.45, 2.75) is 18.9 Å². The highest BCUT2D eigenvalue weighted by Gasteiger charge is 2.39. The minimum absolute atomic E-state index is 0.0991. The first-order valence-electron chi connectivity index (χ1n) is 5.91. The van der Waals surface area contributed by atoms with Crippen molar-refractivity contribution in [2.24, 2.45) is 0 Å². The van der Waals surface area contributed by atoms with Gasteiger partial charge in [0.2, 0.25) is 5.91 Å². The van der Waals surface area contributed by atoms with Crippen LogP contribution in [0.25, 0.3) is 6.08 Å². The zero-order valence-corrected chi connectivity index (χ0v) is 10.2. The third-order valence-corrected chi connectivity index (χ3v) is 2.95. The molecule has 0 unspecified atom stereocenters. The quantitative estimate of drug-likeness (QED) is 0.830. The molecular weight excluding hydrogens is 246 g/mol. The molecule has 1 heterocycles. The van der Waals surface area contributed by atoms with Gasteiger partial charge in [-0.2, -0.15) is 0 Å². The number of amides is 2. The number of hydrogen-bond acceptors (Lipinski definition) is 3. The number of carbonyl (C=O) groups excluding carboxylic acids is 2. The van der Waals surface area contributed by atoms with Crippen LogP contribution in [-0.2, 0) is 14.4 Å². The molecular formula is C14H13NO4. The van der Waals surface area contributed by atoms with Crippen LogP contribution in [0.3, 0.4) is 0 Å². The van der Waals surface area contributed by atoms with Crippen LogP contribution in [0.5, 0.6) is 0 Å². The van der Waals surface area contributed by atoms with Gasteiger partial charge in [0.15, 0.2) is 0 Å². The first-order chi connectivity index (χ1) is 9.09. The molecule has 0 bridgehead atoms. The van der Waals surface area contributed by atoms with Crippen LogP contribution in [0.4, 0.5) is 0 Å². The largest absolute Gasteiger partial charge is 0.480 e. The van der Waals surface area contributed by atoms with E-state index in [2.05, 4.69) is 0 Å². The third kappa shape index (κ3) is 2.88. The lowest BCUT2D eigenvalue weighted by Gasteiger charge is -2.17. The van der Waals surface area contributed by atoms with E-state index in [1.165, 1.54) is 6.08 Å². The number of likely N-dealkylation sites (tertiary alicyclic amines) is 1. The zero-order chi connectivity index (χ0) is 13.8. The number of carboxylic acids is 1. The third-order valence-electron chi connectivity index (χ3n) is 2.95. The minimum atomic E-state index is -1.15. The number of hydrogen-bond donors (Lipinski definition) is 1. The molecule has 2 rings (SSSR count). The fraction of sp³-hybridized carbons (Fsp3) is 0.214. The standard InChI is InChI=1S/C14H13NO4/c16-12(8-6-10-4-2-1-3-5-10)15-11(14(18)19)7-9-13(15)17/h1-6,8,11H,7,9H2,(H,18,19)/b8-6+/t11-/m1/s1. The summed E-state index contributed by atoms with van der Waals surface area (Å²) < 4.78 is 0. The van der Waals surface area contributed by atoms with E-state index >= 15 is 0 Å². The molecule has 0 saturated carbocycles. The summed E-state index contributed by atoms with van der Waals surface area (Å²) >= 11 is 0. The van der Waals surface area contributed by atoms with Crippen molar-refractivity contribution in [2.75, 3.05) is 0 Å². The Morgan fingerprint density at radius 1 is 1.26 bits per heavy atom. The van der Waals surface area contributed by atoms with Crippen LogP contribution in [0.1, 0.15) is 18.4 Å². The highest BCUT2D eigenvalue weighted by atomic mass is 16.4. The van der Waals surface area contributed by atoms with Gasteiger partial charge in [-0.15, -0.1) is 0 Å². The Morgan fingerprint density at radius 3 is 2.58 bits per heavy atom. The van der Waals surface area contributed by atoms with Gasteiger partial charge in [-0.05, 0) is 18.1 Å². The van der Waals surface area contributed by atoms with Crippen LogP contribution in [0, 0.1) is 0 Å². The van der Waals surface area contributed by atoms with Gasteiger partial charge in [0.1, 0.15) is 6.04 Å². The highest BCUT2D eigenvalue weighted by Crippen LogP contribution is 2.19. The second-order valence-electron chi connectivity index (χ2n) is 4.24. The molecule has 0 aromatic heterocycles. The number of carboxylic acid groups (broad SMARTS) is 1. The van der Waals surface area contributed by atoms with E-state index in [9.17, 15) is 14.4 Å². The van der Waals surface area contributed by atoms with Crippen molar-refractivity contribution in [3.63, 3.8) is 0 Å². The average Bonchev–Trinajstić information content (AvgIpc) is 2.79. The molecule has 1 fully saturated rings. The van der Waals surface area contributed by atoms with Crippen LogP contribution in [-0.4, -0.2) is 33.8 Å². The summed E-state index contributed by atoms with van der Waals surface area (Å²) in [5, 5.41) is 8.97. The monoisotopic (exact) mass is 259 g/mol. The molecule has 5 heteroatoms. The second kappa shape index (κ2) is 5.48. The molecule has 0 aliphatic carbocycles. The predicted molar refractivity (Wildman–Crippen MR) is 68.0 cm³/mol. The lowest BCUT2D eigenvalue weighted by atomic mass is 10.2. The molecule has 1 aromatic rings. The Labute approximate surface area is 110 Å². The lowest BCUT2D eigenvalue weighted by Crippen LogP contribution is -2.42. The molecule has 1 aromatic carbocycles. The smallest absolute Gasteiger partial charge is 0.326 e. The maximum Gasteiger partial charge on any atom is 0.326 e. The summed E-state index contributed by atoms with van der Waals surface area (Å²) in [7, 11) is 0. The number of imide groups is 1. The van der Waals surface area contributed by atoms with Gasteiger partial charge >= 0.3 is 5.97 Å². The van der Waals surface area contributed by atoms with Crippen molar-refractivity contribution in [1.29, 1.82) is 0 Å². The maximum absolute atomic E-state index is 11.9. The summed E-state index contributed by atoms with van der Waals surface area (Å²) in [6.45, 7) is 0. The summed E-state index contributed by atoms with van der Waals surface area (Å²) in [6.07, 6.45) is 3.07. The molecule has 5 nitrogen and oxygen atoms in total. The first-order valence-corrected chi connectivity index (χ1v) is 5.91. The number of nitrogens with zero attached hydrogens (tertiary/aromatic N) is 1. The lowest BCUT2D eigenvalue weighted by molar-refractivity contribution is -0.152. The van der Waals surface area contributed by atoms with Crippen molar-refractivity contribution >= 4 is 23.9 Å². The zero-order valence-electron chi connectivity index (χ0n) is 10.2. The Bertz CT molecular complexity index is 536. The van der Waals surface area contributed by atoms with E-state index in [4.69, 9.17) is 5.11 Å². The van der Waals surface area contributed by atoms with Crippen molar-refractivity contribution in [1.82, 2.24) is 4.90 Å². The van der Waals surface area contributed by atoms with E-state index in [0.29, 0.717) is 0 Å². The van der Waals surface area contributed by atoms with Crippen LogP contribution in [0.2, 0.25) is 0 Å².